The lowest BCUT2D eigenvalue weighted by atomic mass is 9.49. The number of carbonyl (C=O) groups is 2. The SMILES string of the molecule is COC(=O)[C@@H](Cc1ccc(C(C)(C)C)cc1)NC(=O)C12CC3CC(CC(C3)C1)C2. The van der Waals surface area contributed by atoms with Gasteiger partial charge in [0.15, 0.2) is 0 Å². The van der Waals surface area contributed by atoms with Crippen molar-refractivity contribution in [2.24, 2.45) is 23.2 Å². The predicted octanol–water partition coefficient (Wildman–Crippen LogP) is 4.40. The fraction of sp³-hybridized carbons (Fsp3) is 0.680. The van der Waals surface area contributed by atoms with Crippen LogP contribution in [0.1, 0.15) is 70.4 Å². The first-order valence-corrected chi connectivity index (χ1v) is 11.2. The van der Waals surface area contributed by atoms with Crippen LogP contribution in [-0.2, 0) is 26.2 Å². The minimum Gasteiger partial charge on any atom is -0.467 e. The fourth-order valence-corrected chi connectivity index (χ4v) is 6.41. The van der Waals surface area contributed by atoms with Gasteiger partial charge in [0.1, 0.15) is 6.04 Å². The van der Waals surface area contributed by atoms with Crippen LogP contribution in [0, 0.1) is 23.2 Å². The summed E-state index contributed by atoms with van der Waals surface area (Å²) in [5.74, 6) is 1.83. The highest BCUT2D eigenvalue weighted by molar-refractivity contribution is 5.88. The monoisotopic (exact) mass is 397 g/mol. The van der Waals surface area contributed by atoms with Crippen molar-refractivity contribution in [2.45, 2.75) is 77.2 Å². The van der Waals surface area contributed by atoms with Crippen molar-refractivity contribution in [3.05, 3.63) is 35.4 Å². The summed E-state index contributed by atoms with van der Waals surface area (Å²) in [7, 11) is 1.40. The Hall–Kier alpha value is -1.84. The average molecular weight is 398 g/mol. The van der Waals surface area contributed by atoms with E-state index < -0.39 is 6.04 Å². The number of hydrogen-bond donors (Lipinski definition) is 1. The van der Waals surface area contributed by atoms with Gasteiger partial charge in [0.25, 0.3) is 0 Å². The van der Waals surface area contributed by atoms with Crippen LogP contribution in [-0.4, -0.2) is 25.0 Å². The van der Waals surface area contributed by atoms with Gasteiger partial charge in [-0.25, -0.2) is 4.79 Å². The Morgan fingerprint density at radius 1 is 1.03 bits per heavy atom. The van der Waals surface area contributed by atoms with Gasteiger partial charge in [0.05, 0.1) is 7.11 Å². The van der Waals surface area contributed by atoms with E-state index in [0.717, 1.165) is 24.8 Å². The average Bonchev–Trinajstić information content (AvgIpc) is 2.65. The largest absolute Gasteiger partial charge is 0.467 e. The van der Waals surface area contributed by atoms with Crippen molar-refractivity contribution in [3.8, 4) is 0 Å². The molecule has 0 saturated heterocycles. The molecule has 1 amide bonds. The molecule has 0 aliphatic heterocycles. The van der Waals surface area contributed by atoms with E-state index in [9.17, 15) is 9.59 Å². The molecule has 1 N–H and O–H groups in total. The minimum absolute atomic E-state index is 0.0818. The third kappa shape index (κ3) is 4.08. The normalized spacial score (nSPS) is 31.4. The number of rotatable bonds is 5. The molecule has 4 aliphatic rings. The van der Waals surface area contributed by atoms with E-state index in [4.69, 9.17) is 4.74 Å². The van der Waals surface area contributed by atoms with Crippen LogP contribution in [0.4, 0.5) is 0 Å². The first-order valence-electron chi connectivity index (χ1n) is 11.2. The number of carbonyl (C=O) groups excluding carboxylic acids is 2. The van der Waals surface area contributed by atoms with E-state index in [2.05, 4.69) is 50.4 Å². The molecule has 1 atom stereocenters. The first kappa shape index (κ1) is 20.4. The van der Waals surface area contributed by atoms with Crippen LogP contribution in [0.25, 0.3) is 0 Å². The molecule has 1 aromatic rings. The maximum absolute atomic E-state index is 13.4. The number of nitrogens with one attached hydrogen (secondary N) is 1. The Bertz CT molecular complexity index is 739. The summed E-state index contributed by atoms with van der Waals surface area (Å²) in [6.45, 7) is 6.56. The number of amides is 1. The molecule has 5 rings (SSSR count). The molecule has 1 aromatic carbocycles. The van der Waals surface area contributed by atoms with E-state index in [1.807, 2.05) is 0 Å². The molecule has 0 heterocycles. The van der Waals surface area contributed by atoms with Gasteiger partial charge in [-0.05, 0) is 72.8 Å². The van der Waals surface area contributed by atoms with Gasteiger partial charge in [-0.3, -0.25) is 4.79 Å². The molecule has 4 saturated carbocycles. The molecule has 4 heteroatoms. The highest BCUT2D eigenvalue weighted by Gasteiger charge is 2.55. The van der Waals surface area contributed by atoms with Crippen LogP contribution >= 0.6 is 0 Å². The summed E-state index contributed by atoms with van der Waals surface area (Å²) >= 11 is 0. The second-order valence-electron chi connectivity index (χ2n) is 10.9. The summed E-state index contributed by atoms with van der Waals surface area (Å²) < 4.78 is 5.03. The van der Waals surface area contributed by atoms with Crippen LogP contribution in [0.5, 0.6) is 0 Å². The maximum atomic E-state index is 13.4. The van der Waals surface area contributed by atoms with Gasteiger partial charge < -0.3 is 10.1 Å². The van der Waals surface area contributed by atoms with Crippen molar-refractivity contribution in [1.82, 2.24) is 5.32 Å². The molecule has 0 unspecified atom stereocenters. The molecule has 0 radical (unpaired) electrons. The number of esters is 1. The number of hydrogen-bond acceptors (Lipinski definition) is 3. The highest BCUT2D eigenvalue weighted by atomic mass is 16.5. The van der Waals surface area contributed by atoms with Gasteiger partial charge in [0.2, 0.25) is 5.91 Å². The molecule has 0 spiro atoms. The standard InChI is InChI=1S/C25H35NO3/c1-24(2,3)20-7-5-16(6-8-20)12-21(22(27)29-4)26-23(28)25-13-17-9-18(14-25)11-19(10-17)15-25/h5-8,17-19,21H,9-15H2,1-4H3,(H,26,28)/t17?,18?,19?,21-,25?/m1/s1. The minimum atomic E-state index is -0.624. The lowest BCUT2D eigenvalue weighted by Crippen LogP contribution is -2.56. The van der Waals surface area contributed by atoms with E-state index in [1.54, 1.807) is 0 Å². The van der Waals surface area contributed by atoms with Crippen LogP contribution in [0.3, 0.4) is 0 Å². The zero-order chi connectivity index (χ0) is 20.8. The van der Waals surface area contributed by atoms with Gasteiger partial charge in [-0.2, -0.15) is 0 Å². The Morgan fingerprint density at radius 3 is 2.00 bits per heavy atom. The Balaban J connectivity index is 1.48. The van der Waals surface area contributed by atoms with Crippen molar-refractivity contribution in [3.63, 3.8) is 0 Å². The molecule has 158 valence electrons. The quantitative estimate of drug-likeness (QED) is 0.749. The molecule has 0 aromatic heterocycles. The third-order valence-corrected chi connectivity index (χ3v) is 7.57. The topological polar surface area (TPSA) is 55.4 Å². The fourth-order valence-electron chi connectivity index (χ4n) is 6.41. The van der Waals surface area contributed by atoms with Gasteiger partial charge in [0, 0.05) is 11.8 Å². The number of benzene rings is 1. The van der Waals surface area contributed by atoms with Crippen molar-refractivity contribution in [2.75, 3.05) is 7.11 Å². The number of ether oxygens (including phenoxy) is 1. The highest BCUT2D eigenvalue weighted by Crippen LogP contribution is 2.60. The molecule has 4 bridgehead atoms. The smallest absolute Gasteiger partial charge is 0.328 e. The van der Waals surface area contributed by atoms with Gasteiger partial charge in [-0.15, -0.1) is 0 Å². The molecule has 29 heavy (non-hydrogen) atoms. The predicted molar refractivity (Wildman–Crippen MR) is 113 cm³/mol. The molecular weight excluding hydrogens is 362 g/mol. The van der Waals surface area contributed by atoms with Gasteiger partial charge in [-0.1, -0.05) is 45.0 Å². The van der Waals surface area contributed by atoms with E-state index in [0.29, 0.717) is 24.2 Å². The Kier molecular flexibility index (Phi) is 5.25. The van der Waals surface area contributed by atoms with E-state index >= 15 is 0 Å². The lowest BCUT2D eigenvalue weighted by Gasteiger charge is -2.55. The summed E-state index contributed by atoms with van der Waals surface area (Å²) in [6.07, 6.45) is 7.36. The second kappa shape index (κ2) is 7.45. The molecule has 4 nitrogen and oxygen atoms in total. The van der Waals surface area contributed by atoms with Crippen LogP contribution < -0.4 is 5.32 Å². The van der Waals surface area contributed by atoms with Crippen molar-refractivity contribution < 1.29 is 14.3 Å². The summed E-state index contributed by atoms with van der Waals surface area (Å²) in [4.78, 5) is 25.9. The third-order valence-electron chi connectivity index (χ3n) is 7.57. The van der Waals surface area contributed by atoms with Crippen molar-refractivity contribution in [1.29, 1.82) is 0 Å². The van der Waals surface area contributed by atoms with Crippen molar-refractivity contribution >= 4 is 11.9 Å². The molecular formula is C25H35NO3. The summed E-state index contributed by atoms with van der Waals surface area (Å²) in [5.41, 5.74) is 2.14. The van der Waals surface area contributed by atoms with Crippen LogP contribution in [0.2, 0.25) is 0 Å². The second-order valence-corrected chi connectivity index (χ2v) is 10.9. The first-order chi connectivity index (χ1) is 13.7. The Labute approximate surface area is 174 Å². The summed E-state index contributed by atoms with van der Waals surface area (Å²) in [6, 6.07) is 7.73. The zero-order valence-corrected chi connectivity index (χ0v) is 18.3. The molecule has 4 fully saturated rings. The lowest BCUT2D eigenvalue weighted by molar-refractivity contribution is -0.152. The molecule has 4 aliphatic carbocycles. The Morgan fingerprint density at radius 2 is 1.55 bits per heavy atom. The summed E-state index contributed by atoms with van der Waals surface area (Å²) in [5, 5.41) is 3.10. The van der Waals surface area contributed by atoms with Gasteiger partial charge >= 0.3 is 5.97 Å². The maximum Gasteiger partial charge on any atom is 0.328 e. The van der Waals surface area contributed by atoms with Crippen LogP contribution in [0.15, 0.2) is 24.3 Å². The number of methoxy groups -OCH3 is 1. The zero-order valence-electron chi connectivity index (χ0n) is 18.3. The van der Waals surface area contributed by atoms with E-state index in [1.165, 1.54) is 31.9 Å². The van der Waals surface area contributed by atoms with E-state index in [-0.39, 0.29) is 22.7 Å².